The van der Waals surface area contributed by atoms with E-state index in [1.54, 1.807) is 6.92 Å². The van der Waals surface area contributed by atoms with Crippen LogP contribution in [0.5, 0.6) is 0 Å². The predicted octanol–water partition coefficient (Wildman–Crippen LogP) is 2.34. The van der Waals surface area contributed by atoms with Crippen molar-refractivity contribution in [2.75, 3.05) is 0 Å². The van der Waals surface area contributed by atoms with Crippen LogP contribution in [0.15, 0.2) is 0 Å². The Bertz CT molecular complexity index is 242. The second-order valence-corrected chi connectivity index (χ2v) is 5.59. The second-order valence-electron chi connectivity index (χ2n) is 5.59. The van der Waals surface area contributed by atoms with E-state index in [-0.39, 0.29) is 12.2 Å². The summed E-state index contributed by atoms with van der Waals surface area (Å²) < 4.78 is 5.83. The standard InChI is InChI=1S/C14H30N2O2/c1-5-6-7-8-9-11(2)18-12(3)10-14(4,16)13(15)17/h11-12H,5-10,16H2,1-4H3,(H2,15,17). The molecule has 0 fully saturated rings. The summed E-state index contributed by atoms with van der Waals surface area (Å²) in [5.74, 6) is -0.478. The van der Waals surface area contributed by atoms with Crippen molar-refractivity contribution in [3.8, 4) is 0 Å². The monoisotopic (exact) mass is 258 g/mol. The maximum Gasteiger partial charge on any atom is 0.237 e. The molecule has 3 unspecified atom stereocenters. The Labute approximate surface area is 111 Å². The van der Waals surface area contributed by atoms with E-state index in [2.05, 4.69) is 13.8 Å². The summed E-state index contributed by atoms with van der Waals surface area (Å²) in [6, 6.07) is 0. The number of hydrogen-bond donors (Lipinski definition) is 2. The molecule has 18 heavy (non-hydrogen) atoms. The van der Waals surface area contributed by atoms with Crippen LogP contribution in [-0.2, 0) is 9.53 Å². The van der Waals surface area contributed by atoms with Crippen LogP contribution in [-0.4, -0.2) is 23.7 Å². The number of unbranched alkanes of at least 4 members (excludes halogenated alkanes) is 3. The lowest BCUT2D eigenvalue weighted by Crippen LogP contribution is -2.51. The number of amides is 1. The van der Waals surface area contributed by atoms with Gasteiger partial charge in [-0.1, -0.05) is 32.6 Å². The third kappa shape index (κ3) is 7.67. The Kier molecular flexibility index (Phi) is 8.20. The van der Waals surface area contributed by atoms with E-state index in [9.17, 15) is 4.79 Å². The molecular weight excluding hydrogens is 228 g/mol. The van der Waals surface area contributed by atoms with E-state index in [0.29, 0.717) is 6.42 Å². The highest BCUT2D eigenvalue weighted by Gasteiger charge is 2.28. The van der Waals surface area contributed by atoms with Crippen LogP contribution in [0.2, 0.25) is 0 Å². The first kappa shape index (κ1) is 17.4. The van der Waals surface area contributed by atoms with Gasteiger partial charge in [-0.15, -0.1) is 0 Å². The molecular formula is C14H30N2O2. The average Bonchev–Trinajstić information content (AvgIpc) is 2.23. The van der Waals surface area contributed by atoms with E-state index >= 15 is 0 Å². The largest absolute Gasteiger partial charge is 0.375 e. The van der Waals surface area contributed by atoms with Gasteiger partial charge in [0.25, 0.3) is 0 Å². The highest BCUT2D eigenvalue weighted by atomic mass is 16.5. The molecule has 0 bridgehead atoms. The fourth-order valence-electron chi connectivity index (χ4n) is 2.07. The van der Waals surface area contributed by atoms with Crippen LogP contribution in [0.1, 0.15) is 66.2 Å². The van der Waals surface area contributed by atoms with Crippen molar-refractivity contribution in [3.63, 3.8) is 0 Å². The molecule has 4 nitrogen and oxygen atoms in total. The molecule has 0 aliphatic heterocycles. The number of primary amides is 1. The number of rotatable bonds is 10. The SMILES string of the molecule is CCCCCCC(C)OC(C)CC(C)(N)C(N)=O. The quantitative estimate of drug-likeness (QED) is 0.590. The van der Waals surface area contributed by atoms with Crippen molar-refractivity contribution in [3.05, 3.63) is 0 Å². The topological polar surface area (TPSA) is 78.3 Å². The Hall–Kier alpha value is -0.610. The first-order valence-electron chi connectivity index (χ1n) is 7.03. The molecule has 0 saturated carbocycles. The van der Waals surface area contributed by atoms with Gasteiger partial charge in [0.1, 0.15) is 0 Å². The molecule has 0 radical (unpaired) electrons. The molecule has 0 aliphatic rings. The minimum atomic E-state index is -0.985. The van der Waals surface area contributed by atoms with Gasteiger partial charge in [0.2, 0.25) is 5.91 Å². The first-order chi connectivity index (χ1) is 8.29. The highest BCUT2D eigenvalue weighted by molar-refractivity contribution is 5.83. The number of carbonyl (C=O) groups is 1. The van der Waals surface area contributed by atoms with E-state index in [1.165, 1.54) is 25.7 Å². The zero-order valence-corrected chi connectivity index (χ0v) is 12.4. The molecule has 0 heterocycles. The van der Waals surface area contributed by atoms with Crippen molar-refractivity contribution >= 4 is 5.91 Å². The summed E-state index contributed by atoms with van der Waals surface area (Å²) in [5, 5.41) is 0. The van der Waals surface area contributed by atoms with Gasteiger partial charge >= 0.3 is 0 Å². The summed E-state index contributed by atoms with van der Waals surface area (Å²) >= 11 is 0. The first-order valence-corrected chi connectivity index (χ1v) is 7.03. The van der Waals surface area contributed by atoms with Crippen molar-refractivity contribution in [2.24, 2.45) is 11.5 Å². The molecule has 0 aromatic rings. The smallest absolute Gasteiger partial charge is 0.237 e. The average molecular weight is 258 g/mol. The van der Waals surface area contributed by atoms with E-state index < -0.39 is 11.4 Å². The normalized spacial score (nSPS) is 18.1. The molecule has 4 N–H and O–H groups in total. The number of hydrogen-bond acceptors (Lipinski definition) is 3. The predicted molar refractivity (Wildman–Crippen MR) is 75.2 cm³/mol. The zero-order chi connectivity index (χ0) is 14.2. The van der Waals surface area contributed by atoms with Crippen molar-refractivity contribution in [1.82, 2.24) is 0 Å². The summed E-state index contributed by atoms with van der Waals surface area (Å²) in [7, 11) is 0. The molecule has 0 aromatic carbocycles. The van der Waals surface area contributed by atoms with Crippen LogP contribution in [0.3, 0.4) is 0 Å². The number of ether oxygens (including phenoxy) is 1. The van der Waals surface area contributed by atoms with Crippen LogP contribution >= 0.6 is 0 Å². The fraction of sp³-hybridized carbons (Fsp3) is 0.929. The van der Waals surface area contributed by atoms with Crippen LogP contribution in [0, 0.1) is 0 Å². The van der Waals surface area contributed by atoms with Crippen LogP contribution in [0.25, 0.3) is 0 Å². The summed E-state index contributed by atoms with van der Waals surface area (Å²) in [4.78, 5) is 11.1. The number of carbonyl (C=O) groups excluding carboxylic acids is 1. The third-order valence-corrected chi connectivity index (χ3v) is 3.20. The molecule has 4 heteroatoms. The lowest BCUT2D eigenvalue weighted by Gasteiger charge is -2.26. The fourth-order valence-corrected chi connectivity index (χ4v) is 2.07. The molecule has 3 atom stereocenters. The van der Waals surface area contributed by atoms with Gasteiger partial charge in [-0.2, -0.15) is 0 Å². The molecule has 0 aromatic heterocycles. The van der Waals surface area contributed by atoms with Crippen molar-refractivity contribution < 1.29 is 9.53 Å². The van der Waals surface area contributed by atoms with Gasteiger partial charge in [-0.3, -0.25) is 4.79 Å². The Morgan fingerprint density at radius 3 is 2.33 bits per heavy atom. The summed E-state index contributed by atoms with van der Waals surface area (Å²) in [6.07, 6.45) is 6.66. The van der Waals surface area contributed by atoms with E-state index in [1.807, 2.05) is 6.92 Å². The Balaban J connectivity index is 3.86. The highest BCUT2D eigenvalue weighted by Crippen LogP contribution is 2.15. The van der Waals surface area contributed by atoms with E-state index in [4.69, 9.17) is 16.2 Å². The van der Waals surface area contributed by atoms with Crippen LogP contribution < -0.4 is 11.5 Å². The Morgan fingerprint density at radius 2 is 1.83 bits per heavy atom. The second kappa shape index (κ2) is 8.48. The maximum absolute atomic E-state index is 11.1. The molecule has 108 valence electrons. The molecule has 1 amide bonds. The minimum Gasteiger partial charge on any atom is -0.375 e. The maximum atomic E-state index is 11.1. The molecule has 0 saturated heterocycles. The van der Waals surface area contributed by atoms with Gasteiger partial charge in [0.15, 0.2) is 0 Å². The summed E-state index contributed by atoms with van der Waals surface area (Å²) in [5.41, 5.74) is 10.1. The van der Waals surface area contributed by atoms with Gasteiger partial charge in [0, 0.05) is 0 Å². The summed E-state index contributed by atoms with van der Waals surface area (Å²) in [6.45, 7) is 7.87. The minimum absolute atomic E-state index is 0.0475. The molecule has 0 aliphatic carbocycles. The van der Waals surface area contributed by atoms with Gasteiger partial charge < -0.3 is 16.2 Å². The van der Waals surface area contributed by atoms with Gasteiger partial charge in [-0.25, -0.2) is 0 Å². The molecule has 0 spiro atoms. The zero-order valence-electron chi connectivity index (χ0n) is 12.4. The van der Waals surface area contributed by atoms with Crippen molar-refractivity contribution in [1.29, 1.82) is 0 Å². The number of nitrogens with two attached hydrogens (primary N) is 2. The van der Waals surface area contributed by atoms with Crippen molar-refractivity contribution in [2.45, 2.75) is 84.0 Å². The third-order valence-electron chi connectivity index (χ3n) is 3.20. The van der Waals surface area contributed by atoms with Gasteiger partial charge in [0.05, 0.1) is 17.7 Å². The van der Waals surface area contributed by atoms with Crippen LogP contribution in [0.4, 0.5) is 0 Å². The lowest BCUT2D eigenvalue weighted by atomic mass is 9.95. The Morgan fingerprint density at radius 1 is 1.22 bits per heavy atom. The molecule has 0 rings (SSSR count). The lowest BCUT2D eigenvalue weighted by molar-refractivity contribution is -0.124. The van der Waals surface area contributed by atoms with E-state index in [0.717, 1.165) is 6.42 Å². The van der Waals surface area contributed by atoms with Gasteiger partial charge in [-0.05, 0) is 33.6 Å².